The lowest BCUT2D eigenvalue weighted by Crippen LogP contribution is -2.02. The van der Waals surface area contributed by atoms with E-state index >= 15 is 0 Å². The molecule has 26 heavy (non-hydrogen) atoms. The van der Waals surface area contributed by atoms with E-state index in [4.69, 9.17) is 21.6 Å². The van der Waals surface area contributed by atoms with Crippen molar-refractivity contribution in [3.05, 3.63) is 53.6 Å². The molecule has 0 saturated carbocycles. The molecule has 7 heteroatoms. The Morgan fingerprint density at radius 3 is 2.58 bits per heavy atom. The first-order valence-corrected chi connectivity index (χ1v) is 9.39. The highest BCUT2D eigenvalue weighted by Gasteiger charge is 2.19. The van der Waals surface area contributed by atoms with E-state index in [0.29, 0.717) is 22.6 Å². The summed E-state index contributed by atoms with van der Waals surface area (Å²) in [6, 6.07) is 17.4. The van der Waals surface area contributed by atoms with E-state index in [2.05, 4.69) is 16.3 Å². The zero-order valence-corrected chi connectivity index (χ0v) is 16.0. The SMILES string of the molecule is CCOc1ccc(-n2c(SC(C)C#N)nnc2-c2ccccc2Cl)cc1. The van der Waals surface area contributed by atoms with Gasteiger partial charge in [-0.2, -0.15) is 5.26 Å². The van der Waals surface area contributed by atoms with Gasteiger partial charge in [0.15, 0.2) is 11.0 Å². The van der Waals surface area contributed by atoms with Crippen LogP contribution < -0.4 is 4.74 Å². The Labute approximate surface area is 161 Å². The first-order chi connectivity index (χ1) is 12.6. The van der Waals surface area contributed by atoms with Crippen LogP contribution in [-0.4, -0.2) is 26.6 Å². The number of nitriles is 1. The Hall–Kier alpha value is -2.49. The molecule has 0 amide bonds. The van der Waals surface area contributed by atoms with Crippen molar-refractivity contribution < 1.29 is 4.74 Å². The summed E-state index contributed by atoms with van der Waals surface area (Å²) >= 11 is 7.72. The Balaban J connectivity index is 2.12. The average Bonchev–Trinajstić information content (AvgIpc) is 3.06. The quantitative estimate of drug-likeness (QED) is 0.560. The van der Waals surface area contributed by atoms with Crippen LogP contribution in [0.2, 0.25) is 5.02 Å². The molecule has 0 radical (unpaired) electrons. The first kappa shape index (κ1) is 18.3. The van der Waals surface area contributed by atoms with Gasteiger partial charge in [0, 0.05) is 11.3 Å². The predicted molar refractivity (Wildman–Crippen MR) is 104 cm³/mol. The molecule has 0 spiro atoms. The van der Waals surface area contributed by atoms with E-state index in [-0.39, 0.29) is 5.25 Å². The summed E-state index contributed by atoms with van der Waals surface area (Å²) in [5.74, 6) is 1.43. The number of rotatable bonds is 6. The van der Waals surface area contributed by atoms with E-state index in [0.717, 1.165) is 17.0 Å². The summed E-state index contributed by atoms with van der Waals surface area (Å²) in [6.07, 6.45) is 0. The molecule has 0 saturated heterocycles. The Bertz CT molecular complexity index is 933. The topological polar surface area (TPSA) is 63.7 Å². The van der Waals surface area contributed by atoms with Gasteiger partial charge in [-0.05, 0) is 50.2 Å². The molecule has 0 aliphatic carbocycles. The fraction of sp³-hybridized carbons (Fsp3) is 0.211. The van der Waals surface area contributed by atoms with Crippen LogP contribution in [-0.2, 0) is 0 Å². The predicted octanol–water partition coefficient (Wildman–Crippen LogP) is 4.99. The number of hydrogen-bond acceptors (Lipinski definition) is 5. The van der Waals surface area contributed by atoms with Crippen molar-refractivity contribution in [3.63, 3.8) is 0 Å². The number of ether oxygens (including phenoxy) is 1. The molecule has 1 heterocycles. The highest BCUT2D eigenvalue weighted by molar-refractivity contribution is 8.00. The number of halogens is 1. The number of thioether (sulfide) groups is 1. The largest absolute Gasteiger partial charge is 0.494 e. The summed E-state index contributed by atoms with van der Waals surface area (Å²) < 4.78 is 7.43. The molecule has 5 nitrogen and oxygen atoms in total. The van der Waals surface area contributed by atoms with E-state index in [1.54, 1.807) is 0 Å². The number of benzene rings is 2. The molecule has 1 unspecified atom stereocenters. The van der Waals surface area contributed by atoms with Gasteiger partial charge in [-0.25, -0.2) is 0 Å². The van der Waals surface area contributed by atoms with Gasteiger partial charge in [-0.15, -0.1) is 10.2 Å². The second kappa shape index (κ2) is 8.26. The van der Waals surface area contributed by atoms with Crippen molar-refractivity contribution in [2.45, 2.75) is 24.3 Å². The molecule has 1 aromatic heterocycles. The van der Waals surface area contributed by atoms with Crippen molar-refractivity contribution >= 4 is 23.4 Å². The molecule has 0 aliphatic heterocycles. The van der Waals surface area contributed by atoms with Crippen LogP contribution in [0, 0.1) is 11.3 Å². The normalized spacial score (nSPS) is 11.8. The second-order valence-corrected chi connectivity index (χ2v) is 7.15. The average molecular weight is 385 g/mol. The summed E-state index contributed by atoms with van der Waals surface area (Å²) in [4.78, 5) is 0. The molecular weight excluding hydrogens is 368 g/mol. The van der Waals surface area contributed by atoms with Gasteiger partial charge in [-0.3, -0.25) is 4.57 Å². The van der Waals surface area contributed by atoms with Crippen LogP contribution in [0.25, 0.3) is 17.1 Å². The molecule has 0 bridgehead atoms. The highest BCUT2D eigenvalue weighted by Crippen LogP contribution is 2.33. The molecule has 0 fully saturated rings. The minimum atomic E-state index is -0.250. The van der Waals surface area contributed by atoms with Crippen molar-refractivity contribution in [1.29, 1.82) is 5.26 Å². The smallest absolute Gasteiger partial charge is 0.197 e. The maximum Gasteiger partial charge on any atom is 0.197 e. The lowest BCUT2D eigenvalue weighted by molar-refractivity contribution is 0.340. The number of aromatic nitrogens is 3. The fourth-order valence-electron chi connectivity index (χ4n) is 2.44. The van der Waals surface area contributed by atoms with Crippen molar-refractivity contribution in [2.75, 3.05) is 6.61 Å². The van der Waals surface area contributed by atoms with Gasteiger partial charge in [0.05, 0.1) is 22.9 Å². The summed E-state index contributed by atoms with van der Waals surface area (Å²) in [7, 11) is 0. The number of hydrogen-bond donors (Lipinski definition) is 0. The Morgan fingerprint density at radius 1 is 1.19 bits per heavy atom. The van der Waals surface area contributed by atoms with Gasteiger partial charge in [0.2, 0.25) is 0 Å². The van der Waals surface area contributed by atoms with Gasteiger partial charge < -0.3 is 4.74 Å². The monoisotopic (exact) mass is 384 g/mol. The summed E-state index contributed by atoms with van der Waals surface area (Å²) in [5, 5.41) is 18.8. The van der Waals surface area contributed by atoms with E-state index in [1.165, 1.54) is 11.8 Å². The third-order valence-corrected chi connectivity index (χ3v) is 4.88. The molecule has 3 rings (SSSR count). The Morgan fingerprint density at radius 2 is 1.92 bits per heavy atom. The van der Waals surface area contributed by atoms with Crippen LogP contribution in [0.4, 0.5) is 0 Å². The third kappa shape index (κ3) is 3.85. The van der Waals surface area contributed by atoms with Gasteiger partial charge in [0.1, 0.15) is 5.75 Å². The molecular formula is C19H17ClN4OS. The molecule has 2 aromatic carbocycles. The minimum Gasteiger partial charge on any atom is -0.494 e. The molecule has 1 atom stereocenters. The van der Waals surface area contributed by atoms with Crippen LogP contribution in [0.15, 0.2) is 53.7 Å². The van der Waals surface area contributed by atoms with Crippen molar-refractivity contribution in [1.82, 2.24) is 14.8 Å². The van der Waals surface area contributed by atoms with Crippen molar-refractivity contribution in [2.24, 2.45) is 0 Å². The number of nitrogens with zero attached hydrogens (tertiary/aromatic N) is 4. The third-order valence-electron chi connectivity index (χ3n) is 3.62. The Kier molecular flexibility index (Phi) is 5.82. The van der Waals surface area contributed by atoms with Gasteiger partial charge in [0.25, 0.3) is 0 Å². The summed E-state index contributed by atoms with van der Waals surface area (Å²) in [6.45, 7) is 4.38. The standard InChI is InChI=1S/C19H17ClN4OS/c1-3-25-15-10-8-14(9-11-15)24-18(16-6-4-5-7-17(16)20)22-23-19(24)26-13(2)12-21/h4-11,13H,3H2,1-2H3. The maximum absolute atomic E-state index is 9.16. The first-order valence-electron chi connectivity index (χ1n) is 8.14. The second-order valence-electron chi connectivity index (χ2n) is 5.44. The minimum absolute atomic E-state index is 0.250. The van der Waals surface area contributed by atoms with E-state index in [9.17, 15) is 0 Å². The molecule has 0 N–H and O–H groups in total. The molecule has 3 aromatic rings. The lowest BCUT2D eigenvalue weighted by Gasteiger charge is -2.12. The van der Waals surface area contributed by atoms with E-state index in [1.807, 2.05) is 66.9 Å². The van der Waals surface area contributed by atoms with Gasteiger partial charge in [-0.1, -0.05) is 35.5 Å². The maximum atomic E-state index is 9.16. The highest BCUT2D eigenvalue weighted by atomic mass is 35.5. The molecule has 132 valence electrons. The summed E-state index contributed by atoms with van der Waals surface area (Å²) in [5.41, 5.74) is 1.66. The van der Waals surface area contributed by atoms with Crippen LogP contribution in [0.3, 0.4) is 0 Å². The lowest BCUT2D eigenvalue weighted by atomic mass is 10.2. The van der Waals surface area contributed by atoms with Crippen LogP contribution in [0.1, 0.15) is 13.8 Å². The fourth-order valence-corrected chi connectivity index (χ4v) is 3.41. The van der Waals surface area contributed by atoms with Crippen LogP contribution >= 0.6 is 23.4 Å². The van der Waals surface area contributed by atoms with E-state index < -0.39 is 0 Å². The zero-order valence-electron chi connectivity index (χ0n) is 14.4. The zero-order chi connectivity index (χ0) is 18.5. The van der Waals surface area contributed by atoms with Crippen LogP contribution in [0.5, 0.6) is 5.75 Å². The van der Waals surface area contributed by atoms with Gasteiger partial charge >= 0.3 is 0 Å². The molecule has 0 aliphatic rings. The van der Waals surface area contributed by atoms with Crippen molar-refractivity contribution in [3.8, 4) is 28.9 Å².